The Balaban J connectivity index is 1.74. The van der Waals surface area contributed by atoms with E-state index in [0.717, 1.165) is 27.5 Å². The van der Waals surface area contributed by atoms with Crippen LogP contribution >= 0.6 is 22.9 Å². The van der Waals surface area contributed by atoms with Crippen molar-refractivity contribution in [3.8, 4) is 0 Å². The van der Waals surface area contributed by atoms with Gasteiger partial charge in [-0.05, 0) is 50.6 Å². The summed E-state index contributed by atoms with van der Waals surface area (Å²) in [5.74, 6) is -0.544. The zero-order valence-electron chi connectivity index (χ0n) is 15.8. The zero-order chi connectivity index (χ0) is 20.9. The quantitative estimate of drug-likeness (QED) is 0.523. The number of halogens is 2. The molecule has 6 nitrogen and oxygen atoms in total. The zero-order valence-corrected chi connectivity index (χ0v) is 17.4. The molecule has 1 aromatic carbocycles. The van der Waals surface area contributed by atoms with Gasteiger partial charge in [0.2, 0.25) is 5.91 Å². The summed E-state index contributed by atoms with van der Waals surface area (Å²) in [5.41, 5.74) is 2.46. The van der Waals surface area contributed by atoms with Crippen molar-refractivity contribution in [2.24, 2.45) is 0 Å². The first-order chi connectivity index (χ1) is 13.7. The third-order valence-electron chi connectivity index (χ3n) is 4.57. The van der Waals surface area contributed by atoms with Gasteiger partial charge in [0.15, 0.2) is 0 Å². The van der Waals surface area contributed by atoms with Gasteiger partial charge < -0.3 is 5.32 Å². The monoisotopic (exact) mass is 430 g/mol. The summed E-state index contributed by atoms with van der Waals surface area (Å²) in [6, 6.07) is 5.63. The fourth-order valence-corrected chi connectivity index (χ4v) is 4.68. The standard InChI is InChI=1S/C20H16ClFN4O2S/c1-9-6-10(2)23-19-16(9)17-18(29-19)20(28)26(11(3)24-17)8-15(27)25-14-5-4-12(22)7-13(14)21/h4-7H,8H2,1-3H3,(H,25,27). The van der Waals surface area contributed by atoms with Crippen molar-refractivity contribution in [2.75, 3.05) is 5.32 Å². The molecule has 0 radical (unpaired) electrons. The van der Waals surface area contributed by atoms with Crippen molar-refractivity contribution in [2.45, 2.75) is 27.3 Å². The Hall–Kier alpha value is -2.84. The predicted octanol–water partition coefficient (Wildman–Crippen LogP) is 4.36. The Kier molecular flexibility index (Phi) is 4.84. The van der Waals surface area contributed by atoms with E-state index in [2.05, 4.69) is 15.3 Å². The van der Waals surface area contributed by atoms with Gasteiger partial charge in [-0.1, -0.05) is 11.6 Å². The van der Waals surface area contributed by atoms with E-state index >= 15 is 0 Å². The molecule has 1 amide bonds. The van der Waals surface area contributed by atoms with E-state index in [0.29, 0.717) is 16.0 Å². The average molecular weight is 431 g/mol. The van der Waals surface area contributed by atoms with Crippen LogP contribution in [0.5, 0.6) is 0 Å². The number of fused-ring (bicyclic) bond motifs is 3. The van der Waals surface area contributed by atoms with Gasteiger partial charge in [0.1, 0.15) is 27.7 Å². The summed E-state index contributed by atoms with van der Waals surface area (Å²) >= 11 is 7.22. The molecular weight excluding hydrogens is 415 g/mol. The molecule has 0 bridgehead atoms. The molecule has 0 aliphatic heterocycles. The van der Waals surface area contributed by atoms with Gasteiger partial charge in [-0.3, -0.25) is 14.2 Å². The second-order valence-corrected chi connectivity index (χ2v) is 8.17. The second kappa shape index (κ2) is 7.20. The van der Waals surface area contributed by atoms with E-state index in [-0.39, 0.29) is 22.8 Å². The number of pyridine rings is 1. The summed E-state index contributed by atoms with van der Waals surface area (Å²) in [6.45, 7) is 5.31. The summed E-state index contributed by atoms with van der Waals surface area (Å²) < 4.78 is 14.9. The molecule has 9 heteroatoms. The first-order valence-electron chi connectivity index (χ1n) is 8.77. The molecule has 29 heavy (non-hydrogen) atoms. The van der Waals surface area contributed by atoms with Gasteiger partial charge in [-0.25, -0.2) is 14.4 Å². The molecule has 0 saturated carbocycles. The molecular formula is C20H16ClFN4O2S. The van der Waals surface area contributed by atoms with E-state index in [4.69, 9.17) is 11.6 Å². The average Bonchev–Trinajstić information content (AvgIpc) is 2.99. The van der Waals surface area contributed by atoms with Crippen molar-refractivity contribution in [1.82, 2.24) is 14.5 Å². The molecule has 0 unspecified atom stereocenters. The number of aryl methyl sites for hydroxylation is 3. The number of carbonyl (C=O) groups is 1. The van der Waals surface area contributed by atoms with E-state index in [1.54, 1.807) is 6.92 Å². The van der Waals surface area contributed by atoms with Crippen LogP contribution in [0.15, 0.2) is 29.1 Å². The van der Waals surface area contributed by atoms with Gasteiger partial charge in [0, 0.05) is 11.1 Å². The Labute approximate surface area is 174 Å². The van der Waals surface area contributed by atoms with Crippen molar-refractivity contribution < 1.29 is 9.18 Å². The van der Waals surface area contributed by atoms with Crippen LogP contribution in [0.4, 0.5) is 10.1 Å². The molecule has 0 saturated heterocycles. The maximum atomic E-state index is 13.2. The lowest BCUT2D eigenvalue weighted by Crippen LogP contribution is -2.29. The van der Waals surface area contributed by atoms with Crippen molar-refractivity contribution >= 4 is 55.0 Å². The minimum Gasteiger partial charge on any atom is -0.323 e. The molecule has 148 valence electrons. The molecule has 0 aliphatic carbocycles. The number of thiophene rings is 1. The Morgan fingerprint density at radius 2 is 2.00 bits per heavy atom. The largest absolute Gasteiger partial charge is 0.323 e. The van der Waals surface area contributed by atoms with E-state index in [9.17, 15) is 14.0 Å². The van der Waals surface area contributed by atoms with Crippen LogP contribution in [0, 0.1) is 26.6 Å². The van der Waals surface area contributed by atoms with Crippen LogP contribution in [0.3, 0.4) is 0 Å². The van der Waals surface area contributed by atoms with Crippen LogP contribution in [-0.4, -0.2) is 20.4 Å². The number of nitrogens with zero attached hydrogens (tertiary/aromatic N) is 3. The van der Waals surface area contributed by atoms with E-state index in [1.165, 1.54) is 28.0 Å². The summed E-state index contributed by atoms with van der Waals surface area (Å²) in [4.78, 5) is 35.4. The highest BCUT2D eigenvalue weighted by atomic mass is 35.5. The van der Waals surface area contributed by atoms with Gasteiger partial charge in [0.25, 0.3) is 5.56 Å². The molecule has 3 heterocycles. The highest BCUT2D eigenvalue weighted by molar-refractivity contribution is 7.25. The topological polar surface area (TPSA) is 76.9 Å². The predicted molar refractivity (Wildman–Crippen MR) is 113 cm³/mol. The number of rotatable bonds is 3. The Bertz CT molecular complexity index is 1360. The van der Waals surface area contributed by atoms with E-state index in [1.807, 2.05) is 19.9 Å². The lowest BCUT2D eigenvalue weighted by atomic mass is 10.1. The molecule has 0 spiro atoms. The minimum absolute atomic E-state index is 0.0809. The normalized spacial score (nSPS) is 11.3. The first-order valence-corrected chi connectivity index (χ1v) is 9.97. The van der Waals surface area contributed by atoms with Crippen LogP contribution in [0.2, 0.25) is 5.02 Å². The summed E-state index contributed by atoms with van der Waals surface area (Å²) in [5, 5.41) is 3.54. The maximum Gasteiger partial charge on any atom is 0.272 e. The maximum absolute atomic E-state index is 13.2. The van der Waals surface area contributed by atoms with Gasteiger partial charge >= 0.3 is 0 Å². The lowest BCUT2D eigenvalue weighted by molar-refractivity contribution is -0.116. The molecule has 3 aromatic heterocycles. The number of nitrogens with one attached hydrogen (secondary N) is 1. The SMILES string of the molecule is Cc1cc(C)c2c(n1)sc1c(=O)n(CC(=O)Nc3ccc(F)cc3Cl)c(C)nc12. The number of carbonyl (C=O) groups excluding carboxylic acids is 1. The number of anilines is 1. The number of benzene rings is 1. The third kappa shape index (κ3) is 3.49. The van der Waals surface area contributed by atoms with Crippen LogP contribution in [0.1, 0.15) is 17.1 Å². The lowest BCUT2D eigenvalue weighted by Gasteiger charge is -2.11. The number of aromatic nitrogens is 3. The highest BCUT2D eigenvalue weighted by Gasteiger charge is 2.18. The molecule has 0 aliphatic rings. The highest BCUT2D eigenvalue weighted by Crippen LogP contribution is 2.32. The molecule has 0 atom stereocenters. The number of amides is 1. The summed E-state index contributed by atoms with van der Waals surface area (Å²) in [6.07, 6.45) is 0. The Morgan fingerprint density at radius 3 is 2.72 bits per heavy atom. The van der Waals surface area contributed by atoms with Crippen molar-refractivity contribution in [3.63, 3.8) is 0 Å². The molecule has 4 rings (SSSR count). The van der Waals surface area contributed by atoms with Gasteiger partial charge in [-0.15, -0.1) is 11.3 Å². The number of hydrogen-bond donors (Lipinski definition) is 1. The number of hydrogen-bond acceptors (Lipinski definition) is 5. The smallest absolute Gasteiger partial charge is 0.272 e. The van der Waals surface area contributed by atoms with Gasteiger partial charge in [-0.2, -0.15) is 0 Å². The van der Waals surface area contributed by atoms with Crippen LogP contribution in [0.25, 0.3) is 20.4 Å². The fraction of sp³-hybridized carbons (Fsp3) is 0.200. The molecule has 1 N–H and O–H groups in total. The molecule has 4 aromatic rings. The van der Waals surface area contributed by atoms with Crippen molar-refractivity contribution in [1.29, 1.82) is 0 Å². The second-order valence-electron chi connectivity index (χ2n) is 6.76. The van der Waals surface area contributed by atoms with Crippen LogP contribution < -0.4 is 10.9 Å². The Morgan fingerprint density at radius 1 is 1.24 bits per heavy atom. The third-order valence-corrected chi connectivity index (χ3v) is 5.95. The van der Waals surface area contributed by atoms with Gasteiger partial charge in [0.05, 0.1) is 16.2 Å². The first kappa shape index (κ1) is 19.5. The van der Waals surface area contributed by atoms with E-state index < -0.39 is 11.7 Å². The fourth-order valence-electron chi connectivity index (χ4n) is 3.28. The van der Waals surface area contributed by atoms with Crippen molar-refractivity contribution in [3.05, 3.63) is 62.5 Å². The molecule has 0 fully saturated rings. The van der Waals surface area contributed by atoms with Crippen LogP contribution in [-0.2, 0) is 11.3 Å². The minimum atomic E-state index is -0.501. The summed E-state index contributed by atoms with van der Waals surface area (Å²) in [7, 11) is 0.